The number of hydrogen-bond donors (Lipinski definition) is 1. The molecule has 0 aliphatic carbocycles. The van der Waals surface area contributed by atoms with Crippen LogP contribution in [0, 0.1) is 11.3 Å². The number of anilines is 1. The Bertz CT molecular complexity index is 781. The molecule has 1 aliphatic heterocycles. The van der Waals surface area contributed by atoms with Crippen LogP contribution in [0.1, 0.15) is 30.7 Å². The van der Waals surface area contributed by atoms with Gasteiger partial charge in [0, 0.05) is 48.7 Å². The van der Waals surface area contributed by atoms with Gasteiger partial charge in [-0.25, -0.2) is 15.0 Å². The lowest BCUT2D eigenvalue weighted by atomic mass is 9.92. The number of hydrogen-bond acceptors (Lipinski definition) is 7. The lowest BCUT2D eigenvalue weighted by molar-refractivity contribution is 0.266. The molecule has 24 heavy (non-hydrogen) atoms. The van der Waals surface area contributed by atoms with Gasteiger partial charge in [0.25, 0.3) is 0 Å². The molecule has 3 rings (SSSR count). The number of thioether (sulfide) groups is 1. The van der Waals surface area contributed by atoms with Crippen LogP contribution in [-0.4, -0.2) is 38.7 Å². The summed E-state index contributed by atoms with van der Waals surface area (Å²) in [5.74, 6) is 1.22. The van der Waals surface area contributed by atoms with Crippen LogP contribution in [0.25, 0.3) is 11.1 Å². The van der Waals surface area contributed by atoms with Gasteiger partial charge in [0.2, 0.25) is 0 Å². The molecular formula is C17H20N6S. The number of nitriles is 1. The van der Waals surface area contributed by atoms with Gasteiger partial charge < -0.3 is 5.73 Å². The molecule has 0 bridgehead atoms. The highest BCUT2D eigenvalue weighted by atomic mass is 32.2. The normalized spacial score (nSPS) is 14.2. The molecule has 1 aliphatic rings. The van der Waals surface area contributed by atoms with Crippen molar-refractivity contribution >= 4 is 17.6 Å². The Morgan fingerprint density at radius 2 is 2.08 bits per heavy atom. The Balaban J connectivity index is 2.14. The average molecular weight is 340 g/mol. The summed E-state index contributed by atoms with van der Waals surface area (Å²) in [5, 5.41) is 10.3. The first-order valence-corrected chi connectivity index (χ1v) is 9.05. The fraction of sp³-hybridized carbons (Fsp3) is 0.412. The van der Waals surface area contributed by atoms with Crippen molar-refractivity contribution in [2.45, 2.75) is 32.0 Å². The lowest BCUT2D eigenvalue weighted by Gasteiger charge is -2.29. The standard InChI is InChI=1S/C17H20N6S/c1-3-23-6-5-14-13(10-23)15(12(7-18)16(19)22-14)11-8-20-17(21-9-11)24-4-2/h8-9H,3-6,10H2,1-2H3,(H2,19,22). The van der Waals surface area contributed by atoms with Crippen LogP contribution in [0.3, 0.4) is 0 Å². The molecular weight excluding hydrogens is 320 g/mol. The number of likely N-dealkylation sites (N-methyl/N-ethyl adjacent to an activating group) is 1. The SMILES string of the molecule is CCSc1ncc(-c2c(C#N)c(N)nc3c2CN(CC)CC3)cn1. The van der Waals surface area contributed by atoms with E-state index in [0.717, 1.165) is 59.3 Å². The van der Waals surface area contributed by atoms with Gasteiger partial charge in [-0.3, -0.25) is 4.90 Å². The third-order valence-electron chi connectivity index (χ3n) is 4.21. The molecule has 0 fully saturated rings. The number of nitrogen functional groups attached to an aromatic ring is 1. The Labute approximate surface area is 146 Å². The minimum Gasteiger partial charge on any atom is -0.383 e. The summed E-state index contributed by atoms with van der Waals surface area (Å²) in [6.07, 6.45) is 4.41. The van der Waals surface area contributed by atoms with E-state index in [1.165, 1.54) is 0 Å². The lowest BCUT2D eigenvalue weighted by Crippen LogP contribution is -2.31. The van der Waals surface area contributed by atoms with E-state index in [0.29, 0.717) is 11.4 Å². The fourth-order valence-corrected chi connectivity index (χ4v) is 3.50. The van der Waals surface area contributed by atoms with Crippen LogP contribution in [0.5, 0.6) is 0 Å². The van der Waals surface area contributed by atoms with E-state index in [9.17, 15) is 5.26 Å². The molecule has 2 aromatic rings. The second-order valence-electron chi connectivity index (χ2n) is 5.59. The summed E-state index contributed by atoms with van der Waals surface area (Å²) < 4.78 is 0. The Morgan fingerprint density at radius 3 is 2.71 bits per heavy atom. The molecule has 0 saturated heterocycles. The second kappa shape index (κ2) is 7.16. The number of aromatic nitrogens is 3. The largest absolute Gasteiger partial charge is 0.383 e. The molecule has 7 heteroatoms. The van der Waals surface area contributed by atoms with E-state index < -0.39 is 0 Å². The number of nitrogens with zero attached hydrogens (tertiary/aromatic N) is 5. The minimum atomic E-state index is 0.295. The van der Waals surface area contributed by atoms with Crippen molar-refractivity contribution in [1.29, 1.82) is 5.26 Å². The summed E-state index contributed by atoms with van der Waals surface area (Å²) in [6.45, 7) is 6.90. The predicted molar refractivity (Wildman–Crippen MR) is 95.4 cm³/mol. The van der Waals surface area contributed by atoms with Gasteiger partial charge >= 0.3 is 0 Å². The maximum absolute atomic E-state index is 9.60. The van der Waals surface area contributed by atoms with Gasteiger partial charge in [0.05, 0.1) is 0 Å². The average Bonchev–Trinajstić information content (AvgIpc) is 2.61. The maximum Gasteiger partial charge on any atom is 0.187 e. The summed E-state index contributed by atoms with van der Waals surface area (Å²) in [6, 6.07) is 2.22. The van der Waals surface area contributed by atoms with Crippen molar-refractivity contribution in [1.82, 2.24) is 19.9 Å². The molecule has 6 nitrogen and oxygen atoms in total. The number of pyridine rings is 1. The Morgan fingerprint density at radius 1 is 1.33 bits per heavy atom. The van der Waals surface area contributed by atoms with Crippen molar-refractivity contribution < 1.29 is 0 Å². The van der Waals surface area contributed by atoms with E-state index >= 15 is 0 Å². The van der Waals surface area contributed by atoms with Gasteiger partial charge in [-0.05, 0) is 17.9 Å². The number of nitrogens with two attached hydrogens (primary N) is 1. The molecule has 0 atom stereocenters. The third-order valence-corrected chi connectivity index (χ3v) is 4.97. The first-order chi connectivity index (χ1) is 11.7. The van der Waals surface area contributed by atoms with Gasteiger partial charge in [-0.2, -0.15) is 5.26 Å². The smallest absolute Gasteiger partial charge is 0.187 e. The number of fused-ring (bicyclic) bond motifs is 1. The first-order valence-electron chi connectivity index (χ1n) is 8.06. The molecule has 0 saturated carbocycles. The summed E-state index contributed by atoms with van der Waals surface area (Å²) in [7, 11) is 0. The summed E-state index contributed by atoms with van der Waals surface area (Å²) >= 11 is 1.59. The van der Waals surface area contributed by atoms with Crippen molar-refractivity contribution in [3.63, 3.8) is 0 Å². The highest BCUT2D eigenvalue weighted by molar-refractivity contribution is 7.99. The molecule has 2 aromatic heterocycles. The first kappa shape index (κ1) is 16.7. The molecule has 0 amide bonds. The highest BCUT2D eigenvalue weighted by Crippen LogP contribution is 2.34. The zero-order valence-corrected chi connectivity index (χ0v) is 14.7. The van der Waals surface area contributed by atoms with Crippen LogP contribution >= 0.6 is 11.8 Å². The van der Waals surface area contributed by atoms with Crippen LogP contribution < -0.4 is 5.73 Å². The summed E-state index contributed by atoms with van der Waals surface area (Å²) in [5.41, 5.74) is 10.2. The van der Waals surface area contributed by atoms with Gasteiger partial charge in [-0.1, -0.05) is 25.6 Å². The van der Waals surface area contributed by atoms with Gasteiger partial charge in [0.1, 0.15) is 17.5 Å². The molecule has 0 unspecified atom stereocenters. The minimum absolute atomic E-state index is 0.295. The number of rotatable bonds is 4. The van der Waals surface area contributed by atoms with Gasteiger partial charge in [0.15, 0.2) is 5.16 Å². The Kier molecular flexibility index (Phi) is 4.97. The van der Waals surface area contributed by atoms with Crippen LogP contribution in [-0.2, 0) is 13.0 Å². The maximum atomic E-state index is 9.60. The van der Waals surface area contributed by atoms with Crippen LogP contribution in [0.2, 0.25) is 0 Å². The molecule has 0 aromatic carbocycles. The van der Waals surface area contributed by atoms with E-state index in [1.54, 1.807) is 24.2 Å². The van der Waals surface area contributed by atoms with Gasteiger partial charge in [-0.15, -0.1) is 0 Å². The molecule has 3 heterocycles. The topological polar surface area (TPSA) is 91.7 Å². The van der Waals surface area contributed by atoms with E-state index in [2.05, 4.69) is 39.8 Å². The van der Waals surface area contributed by atoms with E-state index in [4.69, 9.17) is 5.73 Å². The quantitative estimate of drug-likeness (QED) is 0.675. The van der Waals surface area contributed by atoms with Crippen LogP contribution in [0.15, 0.2) is 17.6 Å². The van der Waals surface area contributed by atoms with E-state index in [-0.39, 0.29) is 0 Å². The van der Waals surface area contributed by atoms with Crippen molar-refractivity contribution in [3.05, 3.63) is 29.2 Å². The third kappa shape index (κ3) is 3.07. The molecule has 124 valence electrons. The molecule has 0 spiro atoms. The molecule has 2 N–H and O–H groups in total. The van der Waals surface area contributed by atoms with Crippen molar-refractivity contribution in [2.75, 3.05) is 24.6 Å². The zero-order chi connectivity index (χ0) is 17.1. The monoisotopic (exact) mass is 340 g/mol. The zero-order valence-electron chi connectivity index (χ0n) is 13.9. The highest BCUT2D eigenvalue weighted by Gasteiger charge is 2.25. The predicted octanol–water partition coefficient (Wildman–Crippen LogP) is 2.48. The fourth-order valence-electron chi connectivity index (χ4n) is 2.99. The second-order valence-corrected chi connectivity index (χ2v) is 6.82. The summed E-state index contributed by atoms with van der Waals surface area (Å²) in [4.78, 5) is 15.6. The van der Waals surface area contributed by atoms with Crippen molar-refractivity contribution in [2.24, 2.45) is 0 Å². The van der Waals surface area contributed by atoms with Crippen molar-refractivity contribution in [3.8, 4) is 17.2 Å². The van der Waals surface area contributed by atoms with Crippen LogP contribution in [0.4, 0.5) is 5.82 Å². The Hall–Kier alpha value is -2.17. The molecule has 0 radical (unpaired) electrons. The van der Waals surface area contributed by atoms with E-state index in [1.807, 2.05) is 0 Å².